The molecule has 9 nitrogen and oxygen atoms in total. The Bertz CT molecular complexity index is 983. The molecule has 3 N–H and O–H groups in total. The summed E-state index contributed by atoms with van der Waals surface area (Å²) in [5.41, 5.74) is 2.68. The van der Waals surface area contributed by atoms with Gasteiger partial charge in [-0.3, -0.25) is 14.5 Å². The van der Waals surface area contributed by atoms with Gasteiger partial charge in [0, 0.05) is 37.7 Å². The molecule has 3 aromatic rings. The predicted octanol–water partition coefficient (Wildman–Crippen LogP) is 3.12. The molecule has 166 valence electrons. The smallest absolute Gasteiger partial charge is 0.246 e. The van der Waals surface area contributed by atoms with Crippen molar-refractivity contribution < 1.29 is 9.32 Å². The standard InChI is InChI=1S/C21H27N7O2.HI/c1-15(2)19-11-18(30-27-19)13-24-21(22-3)23-12-16-6-4-7-17(10-16)26-20(29)14-28-9-5-8-25-28;/h4-11,15H,12-14H2,1-3H3,(H,26,29)(H2,22,23,24);1H. The monoisotopic (exact) mass is 537 g/mol. The average Bonchev–Trinajstić information content (AvgIpc) is 3.40. The van der Waals surface area contributed by atoms with Crippen LogP contribution < -0.4 is 16.0 Å². The molecule has 10 heteroatoms. The third-order valence-corrected chi connectivity index (χ3v) is 4.36. The van der Waals surface area contributed by atoms with E-state index in [4.69, 9.17) is 4.52 Å². The highest BCUT2D eigenvalue weighted by Gasteiger charge is 2.09. The summed E-state index contributed by atoms with van der Waals surface area (Å²) in [5, 5.41) is 17.4. The zero-order chi connectivity index (χ0) is 21.3. The number of halogens is 1. The zero-order valence-corrected chi connectivity index (χ0v) is 20.2. The van der Waals surface area contributed by atoms with Crippen LogP contribution in [0.5, 0.6) is 0 Å². The fourth-order valence-electron chi connectivity index (χ4n) is 2.76. The van der Waals surface area contributed by atoms with Crippen molar-refractivity contribution in [1.82, 2.24) is 25.6 Å². The normalized spacial score (nSPS) is 11.2. The van der Waals surface area contributed by atoms with Crippen LogP contribution in [0, 0.1) is 0 Å². The third-order valence-electron chi connectivity index (χ3n) is 4.36. The van der Waals surface area contributed by atoms with Crippen LogP contribution in [0.1, 0.15) is 36.8 Å². The van der Waals surface area contributed by atoms with Gasteiger partial charge in [-0.1, -0.05) is 31.1 Å². The largest absolute Gasteiger partial charge is 0.359 e. The van der Waals surface area contributed by atoms with Crippen LogP contribution in [-0.2, 0) is 24.4 Å². The number of guanidine groups is 1. The molecule has 31 heavy (non-hydrogen) atoms. The summed E-state index contributed by atoms with van der Waals surface area (Å²) in [6.07, 6.45) is 3.40. The highest BCUT2D eigenvalue weighted by molar-refractivity contribution is 14.0. The van der Waals surface area contributed by atoms with Crippen LogP contribution >= 0.6 is 24.0 Å². The molecule has 0 unspecified atom stereocenters. The number of amides is 1. The Balaban J connectivity index is 0.00000341. The lowest BCUT2D eigenvalue weighted by Gasteiger charge is -2.12. The molecule has 0 fully saturated rings. The molecule has 0 aliphatic heterocycles. The number of carbonyl (C=O) groups is 1. The Labute approximate surface area is 198 Å². The minimum atomic E-state index is -0.130. The Morgan fingerprint density at radius 2 is 2.00 bits per heavy atom. The molecule has 0 aliphatic carbocycles. The summed E-state index contributed by atoms with van der Waals surface area (Å²) in [6.45, 7) is 5.36. The maximum absolute atomic E-state index is 12.1. The van der Waals surface area contributed by atoms with E-state index >= 15 is 0 Å². The summed E-state index contributed by atoms with van der Waals surface area (Å²) < 4.78 is 6.91. The highest BCUT2D eigenvalue weighted by atomic mass is 127. The average molecular weight is 537 g/mol. The van der Waals surface area contributed by atoms with Crippen molar-refractivity contribution in [3.8, 4) is 0 Å². The number of hydrogen-bond donors (Lipinski definition) is 3. The maximum Gasteiger partial charge on any atom is 0.246 e. The van der Waals surface area contributed by atoms with Gasteiger partial charge in [-0.25, -0.2) is 0 Å². The Morgan fingerprint density at radius 1 is 1.19 bits per heavy atom. The summed E-state index contributed by atoms with van der Waals surface area (Å²) >= 11 is 0. The molecule has 2 heterocycles. The van der Waals surface area contributed by atoms with E-state index in [-0.39, 0.29) is 36.4 Å². The second-order valence-electron chi connectivity index (χ2n) is 7.10. The number of benzene rings is 1. The lowest BCUT2D eigenvalue weighted by Crippen LogP contribution is -2.36. The number of nitrogens with one attached hydrogen (secondary N) is 3. The van der Waals surface area contributed by atoms with Crippen molar-refractivity contribution >= 4 is 41.5 Å². The van der Waals surface area contributed by atoms with Gasteiger partial charge in [0.2, 0.25) is 5.91 Å². The molecule has 3 rings (SSSR count). The number of aromatic nitrogens is 3. The van der Waals surface area contributed by atoms with Crippen molar-refractivity contribution in [3.63, 3.8) is 0 Å². The third kappa shape index (κ3) is 7.70. The first-order valence-electron chi connectivity index (χ1n) is 9.79. The van der Waals surface area contributed by atoms with Crippen molar-refractivity contribution in [3.05, 3.63) is 65.8 Å². The lowest BCUT2D eigenvalue weighted by atomic mass is 10.1. The Morgan fingerprint density at radius 3 is 2.68 bits per heavy atom. The van der Waals surface area contributed by atoms with Gasteiger partial charge in [-0.15, -0.1) is 24.0 Å². The summed E-state index contributed by atoms with van der Waals surface area (Å²) in [4.78, 5) is 16.4. The molecule has 0 saturated heterocycles. The van der Waals surface area contributed by atoms with Crippen LogP contribution in [-0.4, -0.2) is 33.9 Å². The quantitative estimate of drug-likeness (QED) is 0.232. The number of carbonyl (C=O) groups excluding carboxylic acids is 1. The van der Waals surface area contributed by atoms with Crippen molar-refractivity contribution in [2.75, 3.05) is 12.4 Å². The van der Waals surface area contributed by atoms with E-state index in [9.17, 15) is 4.79 Å². The minimum absolute atomic E-state index is 0. The van der Waals surface area contributed by atoms with Gasteiger partial charge in [0.25, 0.3) is 0 Å². The summed E-state index contributed by atoms with van der Waals surface area (Å²) in [7, 11) is 1.71. The molecule has 0 saturated carbocycles. The van der Waals surface area contributed by atoms with E-state index in [0.717, 1.165) is 22.7 Å². The number of anilines is 1. The van der Waals surface area contributed by atoms with Crippen LogP contribution in [0.15, 0.2) is 58.3 Å². The first-order chi connectivity index (χ1) is 14.5. The number of aliphatic imine (C=N–C) groups is 1. The van der Waals surface area contributed by atoms with Crippen LogP contribution in [0.4, 0.5) is 5.69 Å². The lowest BCUT2D eigenvalue weighted by molar-refractivity contribution is -0.116. The van der Waals surface area contributed by atoms with E-state index in [1.54, 1.807) is 30.2 Å². The zero-order valence-electron chi connectivity index (χ0n) is 17.8. The highest BCUT2D eigenvalue weighted by Crippen LogP contribution is 2.14. The van der Waals surface area contributed by atoms with Crippen LogP contribution in [0.2, 0.25) is 0 Å². The number of nitrogens with zero attached hydrogens (tertiary/aromatic N) is 4. The second-order valence-corrected chi connectivity index (χ2v) is 7.10. The first kappa shape index (κ1) is 24.4. The van der Waals surface area contributed by atoms with E-state index < -0.39 is 0 Å². The molecule has 0 bridgehead atoms. The van der Waals surface area contributed by atoms with Gasteiger partial charge >= 0.3 is 0 Å². The molecule has 0 atom stereocenters. The molecule has 0 aliphatic rings. The van der Waals surface area contributed by atoms with Crippen molar-refractivity contribution in [2.24, 2.45) is 4.99 Å². The molecular formula is C21H28IN7O2. The van der Waals surface area contributed by atoms with Gasteiger partial charge in [-0.05, 0) is 29.7 Å². The first-order valence-corrected chi connectivity index (χ1v) is 9.79. The second kappa shape index (κ2) is 12.1. The Kier molecular flexibility index (Phi) is 9.50. The molecule has 0 radical (unpaired) electrons. The molecular weight excluding hydrogens is 509 g/mol. The van der Waals surface area contributed by atoms with Gasteiger partial charge in [0.1, 0.15) is 6.54 Å². The fourth-order valence-corrected chi connectivity index (χ4v) is 2.76. The van der Waals surface area contributed by atoms with Gasteiger partial charge < -0.3 is 20.5 Å². The van der Waals surface area contributed by atoms with Crippen LogP contribution in [0.25, 0.3) is 0 Å². The molecule has 1 aromatic carbocycles. The molecule has 1 amide bonds. The minimum Gasteiger partial charge on any atom is -0.359 e. The summed E-state index contributed by atoms with van der Waals surface area (Å²) in [5.74, 6) is 1.59. The van der Waals surface area contributed by atoms with Gasteiger partial charge in [-0.2, -0.15) is 5.10 Å². The van der Waals surface area contributed by atoms with Crippen molar-refractivity contribution in [1.29, 1.82) is 0 Å². The van der Waals surface area contributed by atoms with Crippen LogP contribution in [0.3, 0.4) is 0 Å². The number of hydrogen-bond acceptors (Lipinski definition) is 5. The predicted molar refractivity (Wildman–Crippen MR) is 130 cm³/mol. The van der Waals surface area contributed by atoms with E-state index in [0.29, 0.717) is 25.0 Å². The molecule has 0 spiro atoms. The topological polar surface area (TPSA) is 109 Å². The maximum atomic E-state index is 12.1. The van der Waals surface area contributed by atoms with Gasteiger partial charge in [0.15, 0.2) is 11.7 Å². The van der Waals surface area contributed by atoms with E-state index in [1.165, 1.54) is 0 Å². The Hall–Kier alpha value is -2.89. The van der Waals surface area contributed by atoms with E-state index in [1.807, 2.05) is 30.3 Å². The number of rotatable bonds is 8. The van der Waals surface area contributed by atoms with Crippen molar-refractivity contribution in [2.45, 2.75) is 39.4 Å². The summed E-state index contributed by atoms with van der Waals surface area (Å²) in [6, 6.07) is 11.4. The fraction of sp³-hybridized carbons (Fsp3) is 0.333. The van der Waals surface area contributed by atoms with Gasteiger partial charge in [0.05, 0.1) is 12.2 Å². The van der Waals surface area contributed by atoms with E-state index in [2.05, 4.69) is 45.0 Å². The molecule has 2 aromatic heterocycles. The SMILES string of the molecule is CN=C(NCc1cccc(NC(=O)Cn2cccn2)c1)NCc1cc(C(C)C)no1.I.